The van der Waals surface area contributed by atoms with E-state index in [1.165, 1.54) is 4.90 Å². The Hall–Kier alpha value is -3.76. The van der Waals surface area contributed by atoms with Crippen molar-refractivity contribution in [3.63, 3.8) is 0 Å². The second kappa shape index (κ2) is 11.1. The van der Waals surface area contributed by atoms with E-state index in [9.17, 15) is 14.4 Å². The molecule has 2 atom stereocenters. The molecule has 3 rings (SSSR count). The number of hydrogen-bond donors (Lipinski definition) is 2. The van der Waals surface area contributed by atoms with E-state index >= 15 is 0 Å². The molecule has 11 nitrogen and oxygen atoms in total. The highest BCUT2D eigenvalue weighted by molar-refractivity contribution is 5.91. The molecule has 11 heteroatoms. The third-order valence-corrected chi connectivity index (χ3v) is 5.69. The molecule has 0 saturated carbocycles. The standard InChI is InChI=1S/C26H36N4O7/c1-14(2)35-21-11-20(17-8-9-19(34-7)15(3)23(17)29-21)36-16-10-18(24(27)32)30(13-16)22(31)12-28-25(33)37-26(4,5)6/h8-9,11,14,16,18H,10,12-13H2,1-7H3,(H2,27,32)(H,28,33)/t16-,18?/m1/s1. The third-order valence-electron chi connectivity index (χ3n) is 5.69. The number of nitrogens with one attached hydrogen (secondary N) is 1. The molecule has 3 N–H and O–H groups in total. The lowest BCUT2D eigenvalue weighted by Gasteiger charge is -2.23. The Kier molecular flexibility index (Phi) is 8.35. The van der Waals surface area contributed by atoms with Crippen molar-refractivity contribution >= 4 is 28.8 Å². The summed E-state index contributed by atoms with van der Waals surface area (Å²) in [5.74, 6) is 0.440. The minimum absolute atomic E-state index is 0.111. The van der Waals surface area contributed by atoms with Crippen LogP contribution in [0, 0.1) is 6.92 Å². The highest BCUT2D eigenvalue weighted by Crippen LogP contribution is 2.36. The fourth-order valence-electron chi connectivity index (χ4n) is 4.15. The number of carbonyl (C=O) groups excluding carboxylic acids is 3. The Balaban J connectivity index is 1.83. The summed E-state index contributed by atoms with van der Waals surface area (Å²) >= 11 is 0. The average molecular weight is 517 g/mol. The van der Waals surface area contributed by atoms with Crippen LogP contribution in [0.15, 0.2) is 18.2 Å². The monoisotopic (exact) mass is 516 g/mol. The number of nitrogens with zero attached hydrogens (tertiary/aromatic N) is 2. The first-order valence-corrected chi connectivity index (χ1v) is 12.2. The van der Waals surface area contributed by atoms with E-state index in [1.807, 2.05) is 32.9 Å². The summed E-state index contributed by atoms with van der Waals surface area (Å²) in [5, 5.41) is 3.16. The van der Waals surface area contributed by atoms with E-state index in [1.54, 1.807) is 33.9 Å². The largest absolute Gasteiger partial charge is 0.496 e. The number of aryl methyl sites for hydroxylation is 1. The number of benzene rings is 1. The van der Waals surface area contributed by atoms with Crippen molar-refractivity contribution in [2.75, 3.05) is 20.2 Å². The average Bonchev–Trinajstić information content (AvgIpc) is 3.21. The highest BCUT2D eigenvalue weighted by atomic mass is 16.6. The van der Waals surface area contributed by atoms with Gasteiger partial charge in [0.15, 0.2) is 0 Å². The third kappa shape index (κ3) is 6.93. The Morgan fingerprint density at radius 1 is 1.22 bits per heavy atom. The second-order valence-corrected chi connectivity index (χ2v) is 10.2. The van der Waals surface area contributed by atoms with Crippen molar-refractivity contribution in [1.82, 2.24) is 15.2 Å². The Labute approximate surface area is 216 Å². The van der Waals surface area contributed by atoms with Gasteiger partial charge < -0.3 is 34.9 Å². The van der Waals surface area contributed by atoms with Crippen LogP contribution in [0.5, 0.6) is 17.4 Å². The van der Waals surface area contributed by atoms with Crippen LogP contribution in [-0.2, 0) is 14.3 Å². The number of rotatable bonds is 8. The number of fused-ring (bicyclic) bond motifs is 1. The van der Waals surface area contributed by atoms with Gasteiger partial charge in [-0.3, -0.25) is 9.59 Å². The van der Waals surface area contributed by atoms with Gasteiger partial charge in [-0.15, -0.1) is 0 Å². The molecule has 1 aliphatic rings. The zero-order valence-electron chi connectivity index (χ0n) is 22.4. The van der Waals surface area contributed by atoms with Crippen LogP contribution in [0.25, 0.3) is 10.9 Å². The van der Waals surface area contributed by atoms with Gasteiger partial charge in [-0.1, -0.05) is 0 Å². The number of nitrogens with two attached hydrogens (primary N) is 1. The maximum Gasteiger partial charge on any atom is 0.408 e. The molecule has 0 radical (unpaired) electrons. The zero-order valence-corrected chi connectivity index (χ0v) is 22.4. The number of pyridine rings is 1. The fourth-order valence-corrected chi connectivity index (χ4v) is 4.15. The van der Waals surface area contributed by atoms with Crippen LogP contribution < -0.4 is 25.3 Å². The number of aromatic nitrogens is 1. The molecule has 1 aliphatic heterocycles. The SMILES string of the molecule is COc1ccc2c(O[C@@H]3CC(C(N)=O)N(C(=O)CNC(=O)OC(C)(C)C)C3)cc(OC(C)C)nc2c1C. The molecule has 1 fully saturated rings. The maximum absolute atomic E-state index is 12.9. The molecule has 202 valence electrons. The van der Waals surface area contributed by atoms with E-state index in [-0.39, 0.29) is 25.6 Å². The zero-order chi connectivity index (χ0) is 27.5. The quantitative estimate of drug-likeness (QED) is 0.545. The number of hydrogen-bond acceptors (Lipinski definition) is 8. The van der Waals surface area contributed by atoms with Gasteiger partial charge in [0.2, 0.25) is 17.7 Å². The molecule has 0 aliphatic carbocycles. The Bertz CT molecular complexity index is 1180. The number of alkyl carbamates (subject to hydrolysis) is 1. The molecule has 3 amide bonds. The fraction of sp³-hybridized carbons (Fsp3) is 0.538. The minimum Gasteiger partial charge on any atom is -0.496 e. The molecule has 1 aromatic carbocycles. The van der Waals surface area contributed by atoms with Crippen LogP contribution in [-0.4, -0.2) is 71.8 Å². The summed E-state index contributed by atoms with van der Waals surface area (Å²) in [6.07, 6.45) is -1.16. The number of amides is 3. The van der Waals surface area contributed by atoms with Crippen molar-refractivity contribution in [2.45, 2.75) is 71.8 Å². The Morgan fingerprint density at radius 2 is 1.92 bits per heavy atom. The summed E-state index contributed by atoms with van der Waals surface area (Å²) in [4.78, 5) is 43.0. The first-order valence-electron chi connectivity index (χ1n) is 12.2. The molecule has 0 bridgehead atoms. The van der Waals surface area contributed by atoms with E-state index in [2.05, 4.69) is 10.3 Å². The van der Waals surface area contributed by atoms with Gasteiger partial charge >= 0.3 is 6.09 Å². The van der Waals surface area contributed by atoms with Crippen molar-refractivity contribution in [2.24, 2.45) is 5.73 Å². The number of methoxy groups -OCH3 is 1. The number of carbonyl (C=O) groups is 3. The van der Waals surface area contributed by atoms with E-state index in [4.69, 9.17) is 24.7 Å². The van der Waals surface area contributed by atoms with Crippen LogP contribution in [0.4, 0.5) is 4.79 Å². The van der Waals surface area contributed by atoms with Crippen molar-refractivity contribution < 1.29 is 33.3 Å². The molecule has 1 saturated heterocycles. The summed E-state index contributed by atoms with van der Waals surface area (Å²) < 4.78 is 22.8. The van der Waals surface area contributed by atoms with Gasteiger partial charge in [-0.25, -0.2) is 9.78 Å². The van der Waals surface area contributed by atoms with Crippen LogP contribution in [0.3, 0.4) is 0 Å². The van der Waals surface area contributed by atoms with Gasteiger partial charge in [-0.2, -0.15) is 0 Å². The first kappa shape index (κ1) is 27.8. The van der Waals surface area contributed by atoms with E-state index in [0.717, 1.165) is 10.9 Å². The molecular formula is C26H36N4O7. The van der Waals surface area contributed by atoms with Gasteiger partial charge in [0, 0.05) is 23.4 Å². The second-order valence-electron chi connectivity index (χ2n) is 10.2. The van der Waals surface area contributed by atoms with Gasteiger partial charge in [0.25, 0.3) is 0 Å². The lowest BCUT2D eigenvalue weighted by molar-refractivity contribution is -0.136. The minimum atomic E-state index is -0.876. The number of primary amides is 1. The smallest absolute Gasteiger partial charge is 0.408 e. The van der Waals surface area contributed by atoms with Crippen LogP contribution >= 0.6 is 0 Å². The summed E-state index contributed by atoms with van der Waals surface area (Å²) in [5.41, 5.74) is 6.38. The number of ether oxygens (including phenoxy) is 4. The van der Waals surface area contributed by atoms with Gasteiger partial charge in [0.1, 0.15) is 35.8 Å². The molecule has 2 heterocycles. The lowest BCUT2D eigenvalue weighted by atomic mass is 10.1. The summed E-state index contributed by atoms with van der Waals surface area (Å²) in [7, 11) is 1.59. The van der Waals surface area contributed by atoms with Gasteiger partial charge in [0.05, 0.1) is 25.3 Å². The van der Waals surface area contributed by atoms with Crippen molar-refractivity contribution in [3.05, 3.63) is 23.8 Å². The summed E-state index contributed by atoms with van der Waals surface area (Å²) in [6.45, 7) is 10.6. The first-order chi connectivity index (χ1) is 17.3. The molecule has 0 spiro atoms. The predicted octanol–water partition coefficient (Wildman–Crippen LogP) is 2.70. The van der Waals surface area contributed by atoms with Crippen LogP contribution in [0.2, 0.25) is 0 Å². The normalized spacial score (nSPS) is 17.6. The summed E-state index contributed by atoms with van der Waals surface area (Å²) in [6, 6.07) is 4.49. The van der Waals surface area contributed by atoms with Crippen LogP contribution in [0.1, 0.15) is 46.6 Å². The van der Waals surface area contributed by atoms with E-state index in [0.29, 0.717) is 22.9 Å². The molecular weight excluding hydrogens is 480 g/mol. The predicted molar refractivity (Wildman–Crippen MR) is 137 cm³/mol. The molecule has 2 aromatic rings. The topological polar surface area (TPSA) is 142 Å². The van der Waals surface area contributed by atoms with Crippen molar-refractivity contribution in [3.8, 4) is 17.4 Å². The number of likely N-dealkylation sites (tertiary alicyclic amines) is 1. The lowest BCUT2D eigenvalue weighted by Crippen LogP contribution is -2.48. The highest BCUT2D eigenvalue weighted by Gasteiger charge is 2.40. The molecule has 37 heavy (non-hydrogen) atoms. The van der Waals surface area contributed by atoms with Crippen molar-refractivity contribution in [1.29, 1.82) is 0 Å². The molecule has 1 unspecified atom stereocenters. The van der Waals surface area contributed by atoms with E-state index < -0.39 is 35.7 Å². The van der Waals surface area contributed by atoms with Gasteiger partial charge in [-0.05, 0) is 53.7 Å². The maximum atomic E-state index is 12.9. The molecule has 1 aromatic heterocycles. The Morgan fingerprint density at radius 3 is 2.51 bits per heavy atom.